The van der Waals surface area contributed by atoms with Gasteiger partial charge in [-0.15, -0.1) is 0 Å². The maximum atomic E-state index is 12.4. The summed E-state index contributed by atoms with van der Waals surface area (Å²) in [6, 6.07) is 0.0216. The first-order valence-electron chi connectivity index (χ1n) is 7.61. The number of carbonyl (C=O) groups is 1. The molecule has 1 fully saturated rings. The van der Waals surface area contributed by atoms with E-state index in [2.05, 4.69) is 31.2 Å². The van der Waals surface area contributed by atoms with Crippen molar-refractivity contribution in [1.29, 1.82) is 0 Å². The molecule has 1 aromatic heterocycles. The van der Waals surface area contributed by atoms with E-state index >= 15 is 0 Å². The number of methoxy groups -OCH3 is 1. The van der Waals surface area contributed by atoms with Crippen molar-refractivity contribution < 1.29 is 14.1 Å². The smallest absolute Gasteiger partial charge is 0.317 e. The van der Waals surface area contributed by atoms with Crippen LogP contribution < -0.4 is 5.32 Å². The number of aryl methyl sites for hydroxylation is 2. The van der Waals surface area contributed by atoms with Gasteiger partial charge in [-0.2, -0.15) is 0 Å². The SMILES string of the molecule is CO[C@@]1(C)C[C@@H](NC(=O)N(C)Cc2c(C)noc2C)C1(C)C. The first-order valence-corrected chi connectivity index (χ1v) is 7.61. The Balaban J connectivity index is 1.96. The lowest BCUT2D eigenvalue weighted by molar-refractivity contribution is -0.177. The number of aromatic nitrogens is 1. The van der Waals surface area contributed by atoms with Gasteiger partial charge in [-0.3, -0.25) is 0 Å². The van der Waals surface area contributed by atoms with Gasteiger partial charge in [0.05, 0.1) is 17.8 Å². The van der Waals surface area contributed by atoms with E-state index in [1.54, 1.807) is 19.1 Å². The van der Waals surface area contributed by atoms with Crippen molar-refractivity contribution >= 4 is 6.03 Å². The van der Waals surface area contributed by atoms with Gasteiger partial charge in [-0.25, -0.2) is 4.79 Å². The molecule has 1 aliphatic rings. The van der Waals surface area contributed by atoms with Gasteiger partial charge < -0.3 is 19.5 Å². The number of urea groups is 1. The van der Waals surface area contributed by atoms with E-state index in [0.717, 1.165) is 23.4 Å². The molecule has 0 unspecified atom stereocenters. The first-order chi connectivity index (χ1) is 10.1. The van der Waals surface area contributed by atoms with Crippen molar-refractivity contribution in [2.24, 2.45) is 5.41 Å². The summed E-state index contributed by atoms with van der Waals surface area (Å²) in [5, 5.41) is 7.02. The molecule has 2 rings (SSSR count). The maximum absolute atomic E-state index is 12.4. The third-order valence-corrected chi connectivity index (χ3v) is 5.50. The Morgan fingerprint density at radius 1 is 1.45 bits per heavy atom. The van der Waals surface area contributed by atoms with Crippen molar-refractivity contribution in [2.45, 2.75) is 59.2 Å². The minimum absolute atomic E-state index is 0.0868. The highest BCUT2D eigenvalue weighted by molar-refractivity contribution is 5.74. The molecule has 0 spiro atoms. The number of nitrogens with zero attached hydrogens (tertiary/aromatic N) is 2. The van der Waals surface area contributed by atoms with Crippen LogP contribution >= 0.6 is 0 Å². The van der Waals surface area contributed by atoms with Gasteiger partial charge >= 0.3 is 6.03 Å². The minimum atomic E-state index is -0.189. The van der Waals surface area contributed by atoms with E-state index in [4.69, 9.17) is 9.26 Å². The molecule has 0 radical (unpaired) electrons. The van der Waals surface area contributed by atoms with Crippen molar-refractivity contribution in [3.63, 3.8) is 0 Å². The largest absolute Gasteiger partial charge is 0.378 e. The topological polar surface area (TPSA) is 67.6 Å². The zero-order valence-electron chi connectivity index (χ0n) is 14.6. The lowest BCUT2D eigenvalue weighted by Gasteiger charge is -2.59. The summed E-state index contributed by atoms with van der Waals surface area (Å²) in [6.07, 6.45) is 0.821. The Labute approximate surface area is 132 Å². The Morgan fingerprint density at radius 2 is 2.09 bits per heavy atom. The molecule has 1 aromatic rings. The molecule has 1 N–H and O–H groups in total. The third kappa shape index (κ3) is 2.60. The number of rotatable bonds is 4. The van der Waals surface area contributed by atoms with E-state index in [1.165, 1.54) is 0 Å². The Kier molecular flexibility index (Phi) is 4.26. The van der Waals surface area contributed by atoms with Crippen LogP contribution in [0, 0.1) is 19.3 Å². The second kappa shape index (κ2) is 5.57. The van der Waals surface area contributed by atoms with E-state index in [0.29, 0.717) is 6.54 Å². The molecule has 1 aliphatic carbocycles. The van der Waals surface area contributed by atoms with Gasteiger partial charge in [0.1, 0.15) is 5.76 Å². The van der Waals surface area contributed by atoms with Crippen molar-refractivity contribution in [2.75, 3.05) is 14.2 Å². The summed E-state index contributed by atoms with van der Waals surface area (Å²) in [7, 11) is 3.51. The van der Waals surface area contributed by atoms with Gasteiger partial charge in [0.25, 0.3) is 0 Å². The Bertz CT molecular complexity index is 547. The highest BCUT2D eigenvalue weighted by atomic mass is 16.5. The fourth-order valence-corrected chi connectivity index (χ4v) is 3.02. The first kappa shape index (κ1) is 16.8. The fraction of sp³-hybridized carbons (Fsp3) is 0.750. The molecule has 22 heavy (non-hydrogen) atoms. The van der Waals surface area contributed by atoms with Crippen LogP contribution in [-0.4, -0.2) is 41.9 Å². The summed E-state index contributed by atoms with van der Waals surface area (Å²) >= 11 is 0. The normalized spacial score (nSPS) is 26.4. The fourth-order valence-electron chi connectivity index (χ4n) is 3.02. The van der Waals surface area contributed by atoms with Crippen LogP contribution in [0.3, 0.4) is 0 Å². The minimum Gasteiger partial charge on any atom is -0.378 e. The van der Waals surface area contributed by atoms with E-state index < -0.39 is 0 Å². The quantitative estimate of drug-likeness (QED) is 0.928. The monoisotopic (exact) mass is 309 g/mol. The summed E-state index contributed by atoms with van der Waals surface area (Å²) in [5.74, 6) is 0.757. The van der Waals surface area contributed by atoms with Crippen molar-refractivity contribution in [3.05, 3.63) is 17.0 Å². The number of amides is 2. The Hall–Kier alpha value is -1.56. The molecular formula is C16H27N3O3. The zero-order valence-corrected chi connectivity index (χ0v) is 14.6. The van der Waals surface area contributed by atoms with E-state index in [-0.39, 0.29) is 23.1 Å². The summed E-state index contributed by atoms with van der Waals surface area (Å²) in [6.45, 7) is 10.6. The van der Waals surface area contributed by atoms with Gasteiger partial charge in [-0.1, -0.05) is 19.0 Å². The molecular weight excluding hydrogens is 282 g/mol. The lowest BCUT2D eigenvalue weighted by atomic mass is 9.56. The third-order valence-electron chi connectivity index (χ3n) is 5.50. The van der Waals surface area contributed by atoms with Crippen LogP contribution in [-0.2, 0) is 11.3 Å². The van der Waals surface area contributed by atoms with Gasteiger partial charge in [0, 0.05) is 31.2 Å². The van der Waals surface area contributed by atoms with Crippen LogP contribution in [0.15, 0.2) is 4.52 Å². The molecule has 2 atom stereocenters. The van der Waals surface area contributed by atoms with Crippen LogP contribution in [0.1, 0.15) is 44.2 Å². The Morgan fingerprint density at radius 3 is 2.55 bits per heavy atom. The lowest BCUT2D eigenvalue weighted by Crippen LogP contribution is -2.69. The van der Waals surface area contributed by atoms with Gasteiger partial charge in [0.15, 0.2) is 0 Å². The standard InChI is InChI=1S/C16H27N3O3/c1-10-12(11(2)22-18-10)9-19(6)14(20)17-13-8-16(5,21-7)15(13,3)4/h13H,8-9H2,1-7H3,(H,17,20)/t13-,16+/m1/s1. The molecule has 6 nitrogen and oxygen atoms in total. The predicted octanol–water partition coefficient (Wildman–Crippen LogP) is 2.64. The number of ether oxygens (including phenoxy) is 1. The number of hydrogen-bond acceptors (Lipinski definition) is 4. The molecule has 0 bridgehead atoms. The molecule has 2 amide bonds. The van der Waals surface area contributed by atoms with E-state index in [1.807, 2.05) is 13.8 Å². The van der Waals surface area contributed by atoms with Crippen LogP contribution in [0.4, 0.5) is 4.79 Å². The van der Waals surface area contributed by atoms with Crippen LogP contribution in [0.25, 0.3) is 0 Å². The number of hydrogen-bond donors (Lipinski definition) is 1. The summed E-state index contributed by atoms with van der Waals surface area (Å²) in [5.41, 5.74) is 1.51. The molecule has 1 heterocycles. The average Bonchev–Trinajstić information content (AvgIpc) is 2.78. The molecule has 0 aromatic carbocycles. The van der Waals surface area contributed by atoms with Crippen molar-refractivity contribution in [1.82, 2.24) is 15.4 Å². The van der Waals surface area contributed by atoms with Gasteiger partial charge in [-0.05, 0) is 27.2 Å². The predicted molar refractivity (Wildman–Crippen MR) is 83.6 cm³/mol. The van der Waals surface area contributed by atoms with E-state index in [9.17, 15) is 4.79 Å². The molecule has 1 saturated carbocycles. The highest BCUT2D eigenvalue weighted by Gasteiger charge is 2.58. The van der Waals surface area contributed by atoms with Crippen LogP contribution in [0.2, 0.25) is 0 Å². The van der Waals surface area contributed by atoms with Crippen LogP contribution in [0.5, 0.6) is 0 Å². The maximum Gasteiger partial charge on any atom is 0.317 e. The second-order valence-corrected chi connectivity index (χ2v) is 7.02. The zero-order chi connectivity index (χ0) is 16.7. The summed E-state index contributed by atoms with van der Waals surface area (Å²) in [4.78, 5) is 14.1. The summed E-state index contributed by atoms with van der Waals surface area (Å²) < 4.78 is 10.7. The molecule has 6 heteroatoms. The average molecular weight is 309 g/mol. The molecule has 0 saturated heterocycles. The molecule has 124 valence electrons. The highest BCUT2D eigenvalue weighted by Crippen LogP contribution is 2.51. The van der Waals surface area contributed by atoms with Gasteiger partial charge in [0.2, 0.25) is 0 Å². The molecule has 0 aliphatic heterocycles. The van der Waals surface area contributed by atoms with Crippen molar-refractivity contribution in [3.8, 4) is 0 Å². The number of carbonyl (C=O) groups excluding carboxylic acids is 1. The number of nitrogens with one attached hydrogen (secondary N) is 1. The second-order valence-electron chi connectivity index (χ2n) is 7.02.